The van der Waals surface area contributed by atoms with Crippen LogP contribution in [0.2, 0.25) is 10.0 Å². The third-order valence-electron chi connectivity index (χ3n) is 14.8. The molecule has 2 saturated carbocycles. The summed E-state index contributed by atoms with van der Waals surface area (Å²) in [6.45, 7) is 20.3. The Bertz CT molecular complexity index is 1880. The molecule has 6 aliphatic rings. The molecule has 2 fully saturated rings. The van der Waals surface area contributed by atoms with Crippen LogP contribution < -0.4 is 0 Å². The molecule has 2 aromatic carbocycles. The maximum Gasteiger partial charge on any atom is -0.109 e. The molecule has 0 saturated heterocycles. The summed E-state index contributed by atoms with van der Waals surface area (Å²) < 4.78 is 1.26. The zero-order valence-corrected chi connectivity index (χ0v) is 34.8. The maximum absolute atomic E-state index is 5.98. The molecule has 0 nitrogen and oxygen atoms in total. The van der Waals surface area contributed by atoms with Crippen LogP contribution in [0, 0.1) is 56.3 Å². The van der Waals surface area contributed by atoms with Gasteiger partial charge in [0.15, 0.2) is 0 Å². The standard InChI is InChI=1S/C29H37.C13H8Cl2.C5H5.Zr/c1-21-14-13-15-22-20-27(6)25(4)18-10-9-16-23(25,2)24(3)17-11-12-19-26(24,5)29(27,8)28(21,22)7;14-12-5-1-3-10(8-12)7-11-4-2-6-13(15)9-11;1-2-4-5-3-1;/h9-20,22H,1-8H3;1-6,8-9H;1-3H,4H2;/q-1;;-1;+2. The fourth-order valence-electron chi connectivity index (χ4n) is 11.0. The molecule has 0 spiro atoms. The molecule has 0 N–H and O–H groups in total. The van der Waals surface area contributed by atoms with E-state index in [2.05, 4.69) is 153 Å². The molecule has 8 unspecified atom stereocenters. The Kier molecular flexibility index (Phi) is 9.94. The van der Waals surface area contributed by atoms with E-state index in [-0.39, 0.29) is 37.9 Å². The third kappa shape index (κ3) is 5.03. The van der Waals surface area contributed by atoms with Gasteiger partial charge in [0.2, 0.25) is 0 Å². The summed E-state index contributed by atoms with van der Waals surface area (Å²) >= 11 is 13.3. The second-order valence-corrected chi connectivity index (χ2v) is 18.2. The smallest absolute Gasteiger partial charge is 0.109 e. The van der Waals surface area contributed by atoms with Crippen molar-refractivity contribution >= 4 is 26.4 Å². The molecule has 8 atom stereocenters. The second kappa shape index (κ2) is 13.3. The van der Waals surface area contributed by atoms with Crippen LogP contribution in [0.15, 0.2) is 139 Å². The topological polar surface area (TPSA) is 0 Å². The van der Waals surface area contributed by atoms with Crippen LogP contribution in [0.3, 0.4) is 0 Å². The fraction of sp³-hybridized carbons (Fsp3) is 0.362. The quantitative estimate of drug-likeness (QED) is 0.267. The Morgan fingerprint density at radius 1 is 0.720 bits per heavy atom. The van der Waals surface area contributed by atoms with Crippen molar-refractivity contribution in [2.24, 2.45) is 43.8 Å². The van der Waals surface area contributed by atoms with Gasteiger partial charge in [-0.2, -0.15) is 6.08 Å². The molecule has 0 radical (unpaired) electrons. The molecule has 50 heavy (non-hydrogen) atoms. The van der Waals surface area contributed by atoms with Crippen LogP contribution in [-0.4, -0.2) is 3.21 Å². The predicted octanol–water partition coefficient (Wildman–Crippen LogP) is 13.1. The molecule has 6 aliphatic carbocycles. The number of hydrogen-bond donors (Lipinski definition) is 0. The van der Waals surface area contributed by atoms with Gasteiger partial charge in [0.25, 0.3) is 0 Å². The summed E-state index contributed by atoms with van der Waals surface area (Å²) in [6, 6.07) is 15.8. The molecule has 0 bridgehead atoms. The van der Waals surface area contributed by atoms with Crippen molar-refractivity contribution in [2.45, 2.75) is 61.8 Å². The SMILES string of the molecule is CC1=CC=CC2[CH-]C3(C)C4(C)C=CC=CC4(C)C4(C)C=CC=CC4(C)C3(C)C12C.Clc1cccc([C](=[Zr+2])c2cccc(Cl)c2)c1.[C-]1=CC=CC1. The maximum atomic E-state index is 5.98. The Labute approximate surface area is 326 Å². The summed E-state index contributed by atoms with van der Waals surface area (Å²) in [5, 5.41) is 1.53. The fourth-order valence-corrected chi connectivity index (χ4v) is 12.2. The van der Waals surface area contributed by atoms with Gasteiger partial charge in [0, 0.05) is 10.8 Å². The van der Waals surface area contributed by atoms with E-state index in [1.54, 1.807) is 0 Å². The number of fused-ring (bicyclic) bond motifs is 8. The Morgan fingerprint density at radius 3 is 1.72 bits per heavy atom. The number of hydrogen-bond acceptors (Lipinski definition) is 0. The van der Waals surface area contributed by atoms with Crippen molar-refractivity contribution in [2.75, 3.05) is 0 Å². The van der Waals surface area contributed by atoms with E-state index in [1.807, 2.05) is 48.6 Å². The van der Waals surface area contributed by atoms with Crippen molar-refractivity contribution in [3.05, 3.63) is 173 Å². The molecule has 0 amide bonds. The molecule has 2 aromatic rings. The first-order valence-electron chi connectivity index (χ1n) is 17.8. The molecule has 3 heteroatoms. The molecule has 0 aromatic heterocycles. The van der Waals surface area contributed by atoms with Gasteiger partial charge in [0.05, 0.1) is 0 Å². The Morgan fingerprint density at radius 2 is 1.24 bits per heavy atom. The summed E-state index contributed by atoms with van der Waals surface area (Å²) in [5.74, 6) is 0.460. The number of rotatable bonds is 2. The van der Waals surface area contributed by atoms with Gasteiger partial charge in [0.1, 0.15) is 0 Å². The van der Waals surface area contributed by atoms with Gasteiger partial charge < -0.3 is 6.42 Å². The minimum atomic E-state index is 0.00615. The predicted molar refractivity (Wildman–Crippen MR) is 212 cm³/mol. The van der Waals surface area contributed by atoms with Crippen LogP contribution in [0.25, 0.3) is 0 Å². The first kappa shape index (κ1) is 37.5. The summed E-state index contributed by atoms with van der Waals surface area (Å²) in [7, 11) is 0. The molecule has 0 aliphatic heterocycles. The van der Waals surface area contributed by atoms with Crippen molar-refractivity contribution in [3.8, 4) is 0 Å². The van der Waals surface area contributed by atoms with Crippen LogP contribution >= 0.6 is 23.2 Å². The summed E-state index contributed by atoms with van der Waals surface area (Å²) in [6.07, 6.45) is 39.3. The van der Waals surface area contributed by atoms with E-state index in [0.29, 0.717) is 5.92 Å². The number of benzene rings is 2. The largest absolute Gasteiger partial charge is 0.273 e. The second-order valence-electron chi connectivity index (χ2n) is 16.1. The van der Waals surface area contributed by atoms with Gasteiger partial charge >= 0.3 is 120 Å². The van der Waals surface area contributed by atoms with Gasteiger partial charge in [-0.1, -0.05) is 115 Å². The van der Waals surface area contributed by atoms with Crippen LogP contribution in [0.1, 0.15) is 72.9 Å². The average Bonchev–Trinajstić information content (AvgIpc) is 3.74. The van der Waals surface area contributed by atoms with Gasteiger partial charge in [-0.15, -0.1) is 23.8 Å². The molecule has 8 rings (SSSR count). The summed E-state index contributed by atoms with van der Waals surface area (Å²) in [4.78, 5) is 0. The van der Waals surface area contributed by atoms with Crippen molar-refractivity contribution < 1.29 is 24.2 Å². The van der Waals surface area contributed by atoms with E-state index in [9.17, 15) is 0 Å². The molecular formula is C47H50Cl2Zr. The summed E-state index contributed by atoms with van der Waals surface area (Å²) in [5.41, 5.74) is 4.05. The molecular weight excluding hydrogens is 727 g/mol. The third-order valence-corrected chi connectivity index (χ3v) is 16.7. The minimum absolute atomic E-state index is 0.00615. The van der Waals surface area contributed by atoms with E-state index in [0.717, 1.165) is 27.6 Å². The van der Waals surface area contributed by atoms with Crippen LogP contribution in [0.4, 0.5) is 0 Å². The normalized spacial score (nSPS) is 39.3. The van der Waals surface area contributed by atoms with E-state index in [1.165, 1.54) is 33.0 Å². The van der Waals surface area contributed by atoms with E-state index in [4.69, 9.17) is 23.2 Å². The molecule has 256 valence electrons. The van der Waals surface area contributed by atoms with E-state index < -0.39 is 0 Å². The Balaban J connectivity index is 0.000000171. The van der Waals surface area contributed by atoms with Gasteiger partial charge in [-0.3, -0.25) is 6.08 Å². The van der Waals surface area contributed by atoms with Gasteiger partial charge in [-0.05, 0) is 28.6 Å². The van der Waals surface area contributed by atoms with Crippen LogP contribution in [0.5, 0.6) is 0 Å². The number of halogens is 2. The first-order chi connectivity index (χ1) is 23.6. The molecule has 0 heterocycles. The minimum Gasteiger partial charge on any atom is -0.273 e. The van der Waals surface area contributed by atoms with E-state index >= 15 is 0 Å². The number of allylic oxidation sites excluding steroid dienone is 16. The van der Waals surface area contributed by atoms with Crippen molar-refractivity contribution in [3.63, 3.8) is 0 Å². The zero-order chi connectivity index (χ0) is 36.2. The average molecular weight is 777 g/mol. The van der Waals surface area contributed by atoms with Gasteiger partial charge in [-0.25, -0.2) is 12.2 Å². The zero-order valence-electron chi connectivity index (χ0n) is 30.8. The van der Waals surface area contributed by atoms with Crippen LogP contribution in [-0.2, 0) is 24.2 Å². The van der Waals surface area contributed by atoms with Crippen molar-refractivity contribution in [1.82, 2.24) is 0 Å². The Hall–Kier alpha value is -2.31. The van der Waals surface area contributed by atoms with Crippen molar-refractivity contribution in [1.29, 1.82) is 0 Å². The first-order valence-corrected chi connectivity index (χ1v) is 19.8. The monoisotopic (exact) mass is 774 g/mol.